The number of hydrogen-bond donors (Lipinski definition) is 0. The normalized spacial score (nSPS) is 49.3. The maximum absolute atomic E-state index is 2.22. The standard InChI is InChI=1S/C5H12N2/c1-4-5-6(2)7(5)3/h5H,4H2,1-3H3. The molecule has 42 valence electrons. The second-order valence-corrected chi connectivity index (χ2v) is 2.04. The molecule has 0 amide bonds. The van der Waals surface area contributed by atoms with Crippen molar-refractivity contribution in [2.24, 2.45) is 0 Å². The van der Waals surface area contributed by atoms with E-state index in [1.165, 1.54) is 6.42 Å². The summed E-state index contributed by atoms with van der Waals surface area (Å²) in [6, 6.07) is 0. The Hall–Kier alpha value is -0.0800. The highest BCUT2D eigenvalue weighted by Crippen LogP contribution is 2.22. The Labute approximate surface area is 44.7 Å². The predicted octanol–water partition coefficient (Wildman–Crippen LogP) is 0.515. The molecule has 0 bridgehead atoms. The van der Waals surface area contributed by atoms with Crippen LogP contribution in [0.3, 0.4) is 0 Å². The zero-order valence-electron chi connectivity index (χ0n) is 5.18. The predicted molar refractivity (Wildman–Crippen MR) is 29.6 cm³/mol. The minimum atomic E-state index is 0.736. The lowest BCUT2D eigenvalue weighted by molar-refractivity contribution is 0.412. The van der Waals surface area contributed by atoms with Crippen molar-refractivity contribution in [3.05, 3.63) is 0 Å². The van der Waals surface area contributed by atoms with Crippen molar-refractivity contribution in [2.75, 3.05) is 14.1 Å². The van der Waals surface area contributed by atoms with E-state index < -0.39 is 0 Å². The monoisotopic (exact) mass is 100 g/mol. The third-order valence-electron chi connectivity index (χ3n) is 1.67. The molecule has 2 atom stereocenters. The van der Waals surface area contributed by atoms with Crippen molar-refractivity contribution in [3.63, 3.8) is 0 Å². The molecule has 7 heavy (non-hydrogen) atoms. The smallest absolute Gasteiger partial charge is 0.0885 e. The summed E-state index contributed by atoms with van der Waals surface area (Å²) in [5.74, 6) is 0. The molecule has 1 saturated heterocycles. The molecule has 1 rings (SSSR count). The van der Waals surface area contributed by atoms with Crippen molar-refractivity contribution in [2.45, 2.75) is 19.5 Å². The lowest BCUT2D eigenvalue weighted by Crippen LogP contribution is -1.91. The van der Waals surface area contributed by atoms with Crippen molar-refractivity contribution >= 4 is 0 Å². The van der Waals surface area contributed by atoms with Gasteiger partial charge in [-0.15, -0.1) is 0 Å². The number of nitrogens with zero attached hydrogens (tertiary/aromatic N) is 2. The summed E-state index contributed by atoms with van der Waals surface area (Å²) in [5.41, 5.74) is 0. The molecular weight excluding hydrogens is 88.1 g/mol. The Morgan fingerprint density at radius 3 is 1.71 bits per heavy atom. The van der Waals surface area contributed by atoms with Gasteiger partial charge in [0.05, 0.1) is 6.17 Å². The van der Waals surface area contributed by atoms with Crippen molar-refractivity contribution in [3.8, 4) is 0 Å². The summed E-state index contributed by atoms with van der Waals surface area (Å²) < 4.78 is 0. The van der Waals surface area contributed by atoms with Crippen LogP contribution in [-0.4, -0.2) is 30.3 Å². The number of rotatable bonds is 1. The summed E-state index contributed by atoms with van der Waals surface area (Å²) in [5, 5.41) is 4.44. The molecule has 0 N–H and O–H groups in total. The van der Waals surface area contributed by atoms with Crippen LogP contribution in [-0.2, 0) is 0 Å². The molecule has 1 heterocycles. The van der Waals surface area contributed by atoms with E-state index in [2.05, 4.69) is 31.0 Å². The van der Waals surface area contributed by atoms with Crippen LogP contribution in [0.1, 0.15) is 13.3 Å². The first-order chi connectivity index (χ1) is 3.27. The van der Waals surface area contributed by atoms with E-state index in [4.69, 9.17) is 0 Å². The van der Waals surface area contributed by atoms with Gasteiger partial charge >= 0.3 is 0 Å². The van der Waals surface area contributed by atoms with Crippen LogP contribution >= 0.6 is 0 Å². The molecule has 1 aliphatic heterocycles. The van der Waals surface area contributed by atoms with Gasteiger partial charge in [-0.2, -0.15) is 0 Å². The average molecular weight is 100 g/mol. The van der Waals surface area contributed by atoms with E-state index in [1.54, 1.807) is 0 Å². The minimum absolute atomic E-state index is 0.736. The van der Waals surface area contributed by atoms with Crippen LogP contribution in [0, 0.1) is 0 Å². The van der Waals surface area contributed by atoms with Crippen molar-refractivity contribution in [1.82, 2.24) is 10.0 Å². The minimum Gasteiger partial charge on any atom is -0.225 e. The second-order valence-electron chi connectivity index (χ2n) is 2.04. The van der Waals surface area contributed by atoms with Gasteiger partial charge in [0.1, 0.15) is 0 Å². The highest BCUT2D eigenvalue weighted by molar-refractivity contribution is 4.74. The Morgan fingerprint density at radius 1 is 1.29 bits per heavy atom. The summed E-state index contributed by atoms with van der Waals surface area (Å²) in [6.07, 6.45) is 1.98. The molecule has 2 unspecified atom stereocenters. The molecule has 2 heteroatoms. The summed E-state index contributed by atoms with van der Waals surface area (Å²) in [7, 11) is 4.21. The van der Waals surface area contributed by atoms with Crippen LogP contribution in [0.4, 0.5) is 0 Å². The number of hydrazine groups is 1. The number of hydrogen-bond acceptors (Lipinski definition) is 2. The highest BCUT2D eigenvalue weighted by Gasteiger charge is 2.35. The van der Waals surface area contributed by atoms with E-state index >= 15 is 0 Å². The van der Waals surface area contributed by atoms with E-state index in [0.717, 1.165) is 6.17 Å². The van der Waals surface area contributed by atoms with Gasteiger partial charge < -0.3 is 0 Å². The molecule has 0 aromatic heterocycles. The first-order valence-corrected chi connectivity index (χ1v) is 2.73. The van der Waals surface area contributed by atoms with Gasteiger partial charge in [0, 0.05) is 14.1 Å². The van der Waals surface area contributed by atoms with E-state index in [9.17, 15) is 0 Å². The molecule has 0 aromatic rings. The first kappa shape index (κ1) is 5.06. The Bertz CT molecular complexity index is 64.5. The molecule has 1 aliphatic rings. The van der Waals surface area contributed by atoms with Gasteiger partial charge in [0.15, 0.2) is 0 Å². The largest absolute Gasteiger partial charge is 0.225 e. The Kier molecular flexibility index (Phi) is 1.05. The SMILES string of the molecule is CCC1N(C)N1C. The fourth-order valence-corrected chi connectivity index (χ4v) is 0.958. The summed E-state index contributed by atoms with van der Waals surface area (Å²) >= 11 is 0. The maximum Gasteiger partial charge on any atom is 0.0885 e. The first-order valence-electron chi connectivity index (χ1n) is 2.73. The van der Waals surface area contributed by atoms with Gasteiger partial charge in [0.25, 0.3) is 0 Å². The van der Waals surface area contributed by atoms with E-state index in [-0.39, 0.29) is 0 Å². The van der Waals surface area contributed by atoms with E-state index in [0.29, 0.717) is 0 Å². The second kappa shape index (κ2) is 1.46. The zero-order valence-corrected chi connectivity index (χ0v) is 5.18. The van der Waals surface area contributed by atoms with Crippen molar-refractivity contribution in [1.29, 1.82) is 0 Å². The highest BCUT2D eigenvalue weighted by atomic mass is 15.8. The Morgan fingerprint density at radius 2 is 1.71 bits per heavy atom. The average Bonchev–Trinajstić information content (AvgIpc) is 2.17. The molecule has 1 fully saturated rings. The molecule has 0 radical (unpaired) electrons. The molecule has 0 spiro atoms. The molecule has 0 aromatic carbocycles. The van der Waals surface area contributed by atoms with Gasteiger partial charge in [-0.05, 0) is 6.42 Å². The summed E-state index contributed by atoms with van der Waals surface area (Å²) in [4.78, 5) is 0. The third-order valence-corrected chi connectivity index (χ3v) is 1.67. The lowest BCUT2D eigenvalue weighted by Gasteiger charge is -1.78. The maximum atomic E-state index is 2.22. The third kappa shape index (κ3) is 0.640. The Balaban J connectivity index is 2.24. The summed E-state index contributed by atoms with van der Waals surface area (Å²) in [6.45, 7) is 2.20. The van der Waals surface area contributed by atoms with Crippen molar-refractivity contribution < 1.29 is 0 Å². The van der Waals surface area contributed by atoms with E-state index in [1.807, 2.05) is 0 Å². The fraction of sp³-hybridized carbons (Fsp3) is 1.00. The molecule has 0 saturated carbocycles. The fourth-order valence-electron chi connectivity index (χ4n) is 0.958. The van der Waals surface area contributed by atoms with Crippen LogP contribution in [0.2, 0.25) is 0 Å². The van der Waals surface area contributed by atoms with Gasteiger partial charge in [0.2, 0.25) is 0 Å². The van der Waals surface area contributed by atoms with Crippen LogP contribution < -0.4 is 0 Å². The lowest BCUT2D eigenvalue weighted by atomic mass is 10.4. The molecule has 2 nitrogen and oxygen atoms in total. The van der Waals surface area contributed by atoms with Gasteiger partial charge in [-0.1, -0.05) is 6.92 Å². The molecule has 0 aliphatic carbocycles. The zero-order chi connectivity index (χ0) is 5.44. The van der Waals surface area contributed by atoms with Gasteiger partial charge in [-0.25, -0.2) is 10.0 Å². The molecular formula is C5H12N2. The van der Waals surface area contributed by atoms with Gasteiger partial charge in [-0.3, -0.25) is 0 Å². The topological polar surface area (TPSA) is 6.02 Å². The van der Waals surface area contributed by atoms with Crippen LogP contribution in [0.25, 0.3) is 0 Å². The van der Waals surface area contributed by atoms with Crippen LogP contribution in [0.15, 0.2) is 0 Å². The quantitative estimate of drug-likeness (QED) is 0.443. The van der Waals surface area contributed by atoms with Crippen LogP contribution in [0.5, 0.6) is 0 Å².